The number of hydrogen-bond acceptors (Lipinski definition) is 14. The third kappa shape index (κ3) is 29.0. The second-order valence-corrected chi connectivity index (χ2v) is 10.1. The Bertz CT molecular complexity index is 1170. The van der Waals surface area contributed by atoms with E-state index in [0.29, 0.717) is 13.0 Å². The molecule has 2 aromatic rings. The van der Waals surface area contributed by atoms with Crippen LogP contribution in [0.4, 0.5) is 0 Å². The molecule has 0 saturated carbocycles. The minimum Gasteiger partial charge on any atom is -0.508 e. The molecule has 0 radical (unpaired) electrons. The van der Waals surface area contributed by atoms with Crippen molar-refractivity contribution in [2.24, 2.45) is 34.4 Å². The summed E-state index contributed by atoms with van der Waals surface area (Å²) in [5, 5.41) is 67.0. The maximum atomic E-state index is 10.4. The molecule has 0 amide bonds. The van der Waals surface area contributed by atoms with Crippen molar-refractivity contribution in [2.75, 3.05) is 13.2 Å². The summed E-state index contributed by atoms with van der Waals surface area (Å²) in [6, 6.07) is 8.28. The van der Waals surface area contributed by atoms with Crippen molar-refractivity contribution >= 4 is 29.8 Å². The van der Waals surface area contributed by atoms with E-state index in [2.05, 4.69) is 0 Å². The van der Waals surface area contributed by atoms with Crippen molar-refractivity contribution in [3.05, 3.63) is 59.7 Å². The first-order valence-corrected chi connectivity index (χ1v) is 14.5. The van der Waals surface area contributed by atoms with E-state index in [1.165, 1.54) is 31.2 Å². The number of carboxylic acids is 5. The average molecular weight is 703 g/mol. The van der Waals surface area contributed by atoms with E-state index < -0.39 is 66.7 Å². The minimum atomic E-state index is -1.18. The van der Waals surface area contributed by atoms with Crippen LogP contribution in [0.5, 0.6) is 11.5 Å². The highest BCUT2D eigenvalue weighted by Gasteiger charge is 2.12. The van der Waals surface area contributed by atoms with Crippen LogP contribution in [0.1, 0.15) is 37.3 Å². The Hall–Kier alpha value is -4.89. The highest BCUT2D eigenvalue weighted by Crippen LogP contribution is 2.11. The predicted molar refractivity (Wildman–Crippen MR) is 177 cm³/mol. The van der Waals surface area contributed by atoms with E-state index in [-0.39, 0.29) is 24.3 Å². The molecule has 278 valence electrons. The number of aliphatic carboxylic acids is 5. The lowest BCUT2D eigenvalue weighted by molar-refractivity contribution is -0.140. The van der Waals surface area contributed by atoms with E-state index in [1.54, 1.807) is 24.3 Å². The molecule has 0 spiro atoms. The van der Waals surface area contributed by atoms with Gasteiger partial charge in [0, 0.05) is 0 Å². The van der Waals surface area contributed by atoms with Gasteiger partial charge in [0.2, 0.25) is 0 Å². The predicted octanol–water partition coefficient (Wildman–Crippen LogP) is -1.97. The van der Waals surface area contributed by atoms with E-state index in [9.17, 15) is 24.0 Å². The fraction of sp³-hybridized carbons (Fsp3) is 0.433. The lowest BCUT2D eigenvalue weighted by atomic mass is 10.1. The van der Waals surface area contributed by atoms with Crippen molar-refractivity contribution in [1.29, 1.82) is 0 Å². The number of phenols is 2. The number of hydrogen-bond donors (Lipinski definition) is 14. The van der Waals surface area contributed by atoms with Gasteiger partial charge in [-0.2, -0.15) is 0 Å². The number of rotatable bonds is 14. The summed E-state index contributed by atoms with van der Waals surface area (Å²) < 4.78 is 0. The summed E-state index contributed by atoms with van der Waals surface area (Å²) in [4.78, 5) is 50.1. The highest BCUT2D eigenvalue weighted by atomic mass is 16.4. The molecular formula is C30H50N6O13. The van der Waals surface area contributed by atoms with Gasteiger partial charge in [0.1, 0.15) is 41.7 Å². The van der Waals surface area contributed by atoms with Crippen molar-refractivity contribution < 1.29 is 64.8 Å². The second kappa shape index (κ2) is 28.2. The SMILES string of the molecule is CC(N)C(=O)O.NC(CO)C(=O)O.NC(Cc1ccc(O)cc1)C(=O)O.NC(Cc1ccc(O)cc1)C(=O)O.NCCCCC(N)C(=O)O. The van der Waals surface area contributed by atoms with Crippen molar-refractivity contribution in [2.45, 2.75) is 69.2 Å². The minimum absolute atomic E-state index is 0.160. The molecule has 0 fully saturated rings. The first-order valence-electron chi connectivity index (χ1n) is 14.5. The second-order valence-electron chi connectivity index (χ2n) is 10.1. The fourth-order valence-corrected chi connectivity index (χ4v) is 2.66. The van der Waals surface area contributed by atoms with Gasteiger partial charge in [0.25, 0.3) is 0 Å². The van der Waals surface area contributed by atoms with Crippen LogP contribution in [0.25, 0.3) is 0 Å². The van der Waals surface area contributed by atoms with Crippen molar-refractivity contribution in [1.82, 2.24) is 0 Å². The molecule has 0 heterocycles. The molecule has 0 aliphatic rings. The first-order chi connectivity index (χ1) is 22.7. The lowest BCUT2D eigenvalue weighted by Gasteiger charge is -2.05. The van der Waals surface area contributed by atoms with Gasteiger partial charge < -0.3 is 75.3 Å². The van der Waals surface area contributed by atoms with Gasteiger partial charge >= 0.3 is 29.8 Å². The number of benzene rings is 2. The molecule has 2 aromatic carbocycles. The molecule has 5 atom stereocenters. The zero-order valence-corrected chi connectivity index (χ0v) is 27.0. The van der Waals surface area contributed by atoms with Crippen LogP contribution in [-0.4, -0.2) is 114 Å². The molecule has 0 saturated heterocycles. The smallest absolute Gasteiger partial charge is 0.322 e. The molecule has 20 N–H and O–H groups in total. The number of aromatic hydroxyl groups is 2. The summed E-state index contributed by atoms with van der Waals surface area (Å²) in [6.07, 6.45) is 2.71. The average Bonchev–Trinajstić information content (AvgIpc) is 3.03. The molecule has 0 aromatic heterocycles. The molecule has 19 heteroatoms. The van der Waals surface area contributed by atoms with Crippen LogP contribution in [-0.2, 0) is 36.8 Å². The van der Waals surface area contributed by atoms with Gasteiger partial charge in [0.15, 0.2) is 0 Å². The van der Waals surface area contributed by atoms with Crippen LogP contribution < -0.4 is 34.4 Å². The Morgan fingerprint density at radius 3 is 1.06 bits per heavy atom. The van der Waals surface area contributed by atoms with Crippen LogP contribution in [0, 0.1) is 0 Å². The summed E-state index contributed by atoms with van der Waals surface area (Å²) in [6.45, 7) is 1.52. The number of carbonyl (C=O) groups is 5. The summed E-state index contributed by atoms with van der Waals surface area (Å²) in [5.74, 6) is -4.80. The van der Waals surface area contributed by atoms with Gasteiger partial charge in [-0.05, 0) is 74.5 Å². The maximum Gasteiger partial charge on any atom is 0.322 e. The summed E-state index contributed by atoms with van der Waals surface area (Å²) in [5.41, 5.74) is 32.3. The fourth-order valence-electron chi connectivity index (χ4n) is 2.66. The van der Waals surface area contributed by atoms with Crippen LogP contribution in [0.3, 0.4) is 0 Å². The van der Waals surface area contributed by atoms with E-state index in [1.807, 2.05) is 0 Å². The quantitative estimate of drug-likeness (QED) is 0.0949. The van der Waals surface area contributed by atoms with Gasteiger partial charge in [-0.15, -0.1) is 0 Å². The Balaban J connectivity index is -0.000000558. The number of carboxylic acid groups (broad SMARTS) is 5. The first kappa shape index (κ1) is 48.5. The van der Waals surface area contributed by atoms with E-state index in [4.69, 9.17) is 75.3 Å². The normalized spacial score (nSPS) is 12.8. The Kier molecular flexibility index (Phi) is 27.9. The molecule has 5 unspecified atom stereocenters. The molecule has 0 bridgehead atoms. The largest absolute Gasteiger partial charge is 0.508 e. The number of unbranched alkanes of at least 4 members (excludes halogenated alkanes) is 1. The van der Waals surface area contributed by atoms with Crippen molar-refractivity contribution in [3.8, 4) is 11.5 Å². The molecule has 2 rings (SSSR count). The number of nitrogens with two attached hydrogens (primary N) is 6. The van der Waals surface area contributed by atoms with Crippen LogP contribution in [0.15, 0.2) is 48.5 Å². The van der Waals surface area contributed by atoms with E-state index in [0.717, 1.165) is 24.0 Å². The number of aliphatic hydroxyl groups is 1. The molecule has 0 aliphatic carbocycles. The Morgan fingerprint density at radius 1 is 0.551 bits per heavy atom. The van der Waals surface area contributed by atoms with Gasteiger partial charge in [-0.3, -0.25) is 24.0 Å². The Labute approximate surface area is 282 Å². The standard InChI is InChI=1S/2C9H11NO3.C6H14N2O2.C3H7NO3.C3H7NO2/c2*10-8(9(12)13)5-6-1-3-7(11)4-2-6;7-4-2-1-3-5(8)6(9)10;4-2(1-5)3(6)7;1-2(4)3(5)6/h2*1-4,8,11H,5,10H2,(H,12,13);5H,1-4,7-8H2,(H,9,10);2,5H,1,4H2,(H,6,7);2H,4H2,1H3,(H,5,6). The lowest BCUT2D eigenvalue weighted by Crippen LogP contribution is -2.33. The molecule has 19 nitrogen and oxygen atoms in total. The Morgan fingerprint density at radius 2 is 0.857 bits per heavy atom. The van der Waals surface area contributed by atoms with Gasteiger partial charge in [-0.1, -0.05) is 30.7 Å². The van der Waals surface area contributed by atoms with Crippen molar-refractivity contribution in [3.63, 3.8) is 0 Å². The number of phenolic OH excluding ortho intramolecular Hbond substituents is 2. The number of aliphatic hydroxyl groups excluding tert-OH is 1. The highest BCUT2D eigenvalue weighted by molar-refractivity contribution is 5.74. The van der Waals surface area contributed by atoms with Crippen LogP contribution >= 0.6 is 0 Å². The topological polar surface area (TPSA) is 403 Å². The van der Waals surface area contributed by atoms with Gasteiger partial charge in [0.05, 0.1) is 6.61 Å². The van der Waals surface area contributed by atoms with Gasteiger partial charge in [-0.25, -0.2) is 0 Å². The zero-order valence-electron chi connectivity index (χ0n) is 27.0. The monoisotopic (exact) mass is 702 g/mol. The van der Waals surface area contributed by atoms with Crippen LogP contribution in [0.2, 0.25) is 0 Å². The molecular weight excluding hydrogens is 652 g/mol. The third-order valence-corrected chi connectivity index (χ3v) is 5.61. The third-order valence-electron chi connectivity index (χ3n) is 5.61. The maximum absolute atomic E-state index is 10.4. The van der Waals surface area contributed by atoms with E-state index >= 15 is 0 Å². The summed E-state index contributed by atoms with van der Waals surface area (Å²) >= 11 is 0. The molecule has 0 aliphatic heterocycles. The molecule has 49 heavy (non-hydrogen) atoms. The zero-order chi connectivity index (χ0) is 38.7. The summed E-state index contributed by atoms with van der Waals surface area (Å²) in [7, 11) is 0.